The number of hydrogen-bond acceptors (Lipinski definition) is 1. The summed E-state index contributed by atoms with van der Waals surface area (Å²) < 4.78 is 0. The molecule has 0 aliphatic heterocycles. The number of benzene rings is 1. The lowest BCUT2D eigenvalue weighted by molar-refractivity contribution is 0.467. The smallest absolute Gasteiger partial charge is 0.119 e. The van der Waals surface area contributed by atoms with Gasteiger partial charge in [-0.1, -0.05) is 28.1 Å². The normalized spacial score (nSPS) is 10.3. The summed E-state index contributed by atoms with van der Waals surface area (Å²) in [7, 11) is 0. The Bertz CT molecular complexity index is 276. The van der Waals surface area contributed by atoms with Crippen molar-refractivity contribution in [1.29, 1.82) is 0 Å². The third-order valence-corrected chi connectivity index (χ3v) is 2.80. The monoisotopic (exact) mass is 262 g/mol. The van der Waals surface area contributed by atoms with Gasteiger partial charge in [0.2, 0.25) is 0 Å². The largest absolute Gasteiger partial charge is 0.508 e. The second-order valence-corrected chi connectivity index (χ2v) is 3.90. The second-order valence-electron chi connectivity index (χ2n) is 2.84. The molecule has 3 heteroatoms. The zero-order valence-corrected chi connectivity index (χ0v) is 9.61. The van der Waals surface area contributed by atoms with Crippen molar-refractivity contribution in [3.8, 4) is 5.75 Å². The van der Waals surface area contributed by atoms with Crippen molar-refractivity contribution in [2.24, 2.45) is 0 Å². The molecular weight excluding hydrogens is 251 g/mol. The summed E-state index contributed by atoms with van der Waals surface area (Å²) in [6, 6.07) is 5.49. The summed E-state index contributed by atoms with van der Waals surface area (Å²) >= 11 is 9.12. The molecule has 0 aliphatic carbocycles. The standard InChI is InChI=1S/C10H12BrClO/c11-6-2-4-9-8(7-12)3-1-5-10(9)13/h1,3,5,13H,2,4,6-7H2. The molecule has 1 aromatic rings. The van der Waals surface area contributed by atoms with Gasteiger partial charge in [-0.15, -0.1) is 11.6 Å². The first-order valence-electron chi connectivity index (χ1n) is 4.21. The highest BCUT2D eigenvalue weighted by atomic mass is 79.9. The zero-order valence-electron chi connectivity index (χ0n) is 7.26. The highest BCUT2D eigenvalue weighted by molar-refractivity contribution is 9.09. The lowest BCUT2D eigenvalue weighted by Crippen LogP contribution is -1.93. The van der Waals surface area contributed by atoms with Crippen LogP contribution in [0.5, 0.6) is 5.75 Å². The van der Waals surface area contributed by atoms with Crippen LogP contribution in [0, 0.1) is 0 Å². The van der Waals surface area contributed by atoms with Gasteiger partial charge in [-0.2, -0.15) is 0 Å². The van der Waals surface area contributed by atoms with Crippen LogP contribution in [0.1, 0.15) is 17.5 Å². The Morgan fingerprint density at radius 3 is 2.77 bits per heavy atom. The van der Waals surface area contributed by atoms with E-state index in [9.17, 15) is 5.11 Å². The van der Waals surface area contributed by atoms with Gasteiger partial charge in [0.15, 0.2) is 0 Å². The van der Waals surface area contributed by atoms with Gasteiger partial charge in [0.05, 0.1) is 0 Å². The molecule has 0 spiro atoms. The third-order valence-electron chi connectivity index (χ3n) is 1.95. The maximum Gasteiger partial charge on any atom is 0.119 e. The Morgan fingerprint density at radius 1 is 1.38 bits per heavy atom. The van der Waals surface area contributed by atoms with Crippen LogP contribution >= 0.6 is 27.5 Å². The van der Waals surface area contributed by atoms with Crippen LogP contribution in [0.15, 0.2) is 18.2 Å². The Balaban J connectivity index is 2.87. The molecule has 1 aromatic carbocycles. The predicted octanol–water partition coefficient (Wildman–Crippen LogP) is 3.46. The third kappa shape index (κ3) is 2.89. The average molecular weight is 264 g/mol. The van der Waals surface area contributed by atoms with E-state index in [1.807, 2.05) is 12.1 Å². The average Bonchev–Trinajstić information content (AvgIpc) is 2.15. The number of hydrogen-bond donors (Lipinski definition) is 1. The fraction of sp³-hybridized carbons (Fsp3) is 0.400. The molecule has 1 N–H and O–H groups in total. The first kappa shape index (κ1) is 10.9. The van der Waals surface area contributed by atoms with Crippen LogP contribution in [0.4, 0.5) is 0 Å². The predicted molar refractivity (Wildman–Crippen MR) is 59.8 cm³/mol. The van der Waals surface area contributed by atoms with Gasteiger partial charge in [0, 0.05) is 11.2 Å². The van der Waals surface area contributed by atoms with Crippen LogP contribution in [0.2, 0.25) is 0 Å². The number of phenolic OH excluding ortho intramolecular Hbond substituents is 1. The quantitative estimate of drug-likeness (QED) is 0.825. The van der Waals surface area contributed by atoms with Crippen LogP contribution in [0.25, 0.3) is 0 Å². The summed E-state index contributed by atoms with van der Waals surface area (Å²) in [5.41, 5.74) is 2.01. The molecular formula is C10H12BrClO. The summed E-state index contributed by atoms with van der Waals surface area (Å²) in [5.74, 6) is 0.825. The van der Waals surface area contributed by atoms with Gasteiger partial charge < -0.3 is 5.11 Å². The minimum Gasteiger partial charge on any atom is -0.508 e. The maximum atomic E-state index is 9.58. The van der Waals surface area contributed by atoms with Crippen molar-refractivity contribution in [2.45, 2.75) is 18.7 Å². The molecule has 0 aromatic heterocycles. The number of halogens is 2. The summed E-state index contributed by atoms with van der Waals surface area (Å²) in [4.78, 5) is 0. The van der Waals surface area contributed by atoms with Gasteiger partial charge in [0.25, 0.3) is 0 Å². The van der Waals surface area contributed by atoms with Crippen molar-refractivity contribution in [3.05, 3.63) is 29.3 Å². The first-order chi connectivity index (χ1) is 6.29. The molecule has 0 aliphatic rings. The van der Waals surface area contributed by atoms with E-state index in [0.717, 1.165) is 29.3 Å². The maximum absolute atomic E-state index is 9.58. The fourth-order valence-electron chi connectivity index (χ4n) is 1.28. The van der Waals surface area contributed by atoms with Crippen LogP contribution < -0.4 is 0 Å². The Labute approximate surface area is 91.9 Å². The first-order valence-corrected chi connectivity index (χ1v) is 5.87. The number of phenols is 1. The Kier molecular flexibility index (Phi) is 4.60. The molecule has 0 amide bonds. The van der Waals surface area contributed by atoms with E-state index in [2.05, 4.69) is 15.9 Å². The topological polar surface area (TPSA) is 20.2 Å². The highest BCUT2D eigenvalue weighted by Gasteiger charge is 2.05. The van der Waals surface area contributed by atoms with Gasteiger partial charge in [0.1, 0.15) is 5.75 Å². The molecule has 0 bridgehead atoms. The minimum atomic E-state index is 0.360. The lowest BCUT2D eigenvalue weighted by Gasteiger charge is -2.07. The molecule has 0 radical (unpaired) electrons. The van der Waals surface area contributed by atoms with E-state index in [1.165, 1.54) is 0 Å². The van der Waals surface area contributed by atoms with E-state index in [1.54, 1.807) is 6.07 Å². The molecule has 1 rings (SSSR count). The van der Waals surface area contributed by atoms with E-state index in [-0.39, 0.29) is 0 Å². The highest BCUT2D eigenvalue weighted by Crippen LogP contribution is 2.24. The van der Waals surface area contributed by atoms with Gasteiger partial charge >= 0.3 is 0 Å². The van der Waals surface area contributed by atoms with E-state index in [4.69, 9.17) is 11.6 Å². The van der Waals surface area contributed by atoms with E-state index in [0.29, 0.717) is 11.6 Å². The summed E-state index contributed by atoms with van der Waals surface area (Å²) in [6.07, 6.45) is 1.89. The van der Waals surface area contributed by atoms with Gasteiger partial charge in [-0.05, 0) is 30.0 Å². The zero-order chi connectivity index (χ0) is 9.68. The lowest BCUT2D eigenvalue weighted by atomic mass is 10.0. The van der Waals surface area contributed by atoms with E-state index < -0.39 is 0 Å². The van der Waals surface area contributed by atoms with E-state index >= 15 is 0 Å². The van der Waals surface area contributed by atoms with Crippen molar-refractivity contribution >= 4 is 27.5 Å². The van der Waals surface area contributed by atoms with Crippen LogP contribution in [-0.4, -0.2) is 10.4 Å². The molecule has 0 fully saturated rings. The van der Waals surface area contributed by atoms with Gasteiger partial charge in [-0.3, -0.25) is 0 Å². The van der Waals surface area contributed by atoms with Crippen molar-refractivity contribution in [1.82, 2.24) is 0 Å². The van der Waals surface area contributed by atoms with Crippen molar-refractivity contribution < 1.29 is 5.11 Å². The SMILES string of the molecule is Oc1cccc(CCl)c1CCCBr. The van der Waals surface area contributed by atoms with Crippen LogP contribution in [-0.2, 0) is 12.3 Å². The molecule has 1 nitrogen and oxygen atoms in total. The minimum absolute atomic E-state index is 0.360. The molecule has 0 heterocycles. The summed E-state index contributed by atoms with van der Waals surface area (Å²) in [5, 5.41) is 10.5. The second kappa shape index (κ2) is 5.51. The molecule has 0 saturated heterocycles. The number of rotatable bonds is 4. The van der Waals surface area contributed by atoms with Gasteiger partial charge in [-0.25, -0.2) is 0 Å². The van der Waals surface area contributed by atoms with Crippen molar-refractivity contribution in [2.75, 3.05) is 5.33 Å². The Morgan fingerprint density at radius 2 is 2.15 bits per heavy atom. The van der Waals surface area contributed by atoms with Crippen LogP contribution in [0.3, 0.4) is 0 Å². The number of aromatic hydroxyl groups is 1. The molecule has 13 heavy (non-hydrogen) atoms. The molecule has 0 unspecified atom stereocenters. The van der Waals surface area contributed by atoms with Crippen molar-refractivity contribution in [3.63, 3.8) is 0 Å². The molecule has 0 atom stereocenters. The number of alkyl halides is 2. The molecule has 72 valence electrons. The Hall–Kier alpha value is -0.210. The molecule has 0 saturated carbocycles. The fourth-order valence-corrected chi connectivity index (χ4v) is 1.81. The summed E-state index contributed by atoms with van der Waals surface area (Å²) in [6.45, 7) is 0.